The van der Waals surface area contributed by atoms with Gasteiger partial charge in [0.15, 0.2) is 0 Å². The van der Waals surface area contributed by atoms with Gasteiger partial charge in [-0.1, -0.05) is 38.0 Å². The van der Waals surface area contributed by atoms with Crippen molar-refractivity contribution in [3.63, 3.8) is 0 Å². The van der Waals surface area contributed by atoms with Crippen LogP contribution in [-0.4, -0.2) is 28.0 Å². The molecule has 1 unspecified atom stereocenters. The molecule has 1 heterocycles. The predicted octanol–water partition coefficient (Wildman–Crippen LogP) is 3.17. The van der Waals surface area contributed by atoms with Gasteiger partial charge in [-0.2, -0.15) is 0 Å². The highest BCUT2D eigenvalue weighted by Gasteiger charge is 2.19. The Kier molecular flexibility index (Phi) is 5.79. The minimum absolute atomic E-state index is 0.212. The van der Waals surface area contributed by atoms with Gasteiger partial charge in [0.25, 0.3) is 0 Å². The number of carboxylic acid groups (broad SMARTS) is 1. The van der Waals surface area contributed by atoms with Crippen molar-refractivity contribution in [2.45, 2.75) is 52.0 Å². The molecule has 1 atom stereocenters. The first-order valence-corrected chi connectivity index (χ1v) is 8.10. The summed E-state index contributed by atoms with van der Waals surface area (Å²) < 4.78 is 0. The number of carbonyl (C=O) groups is 2. The maximum absolute atomic E-state index is 12.0. The van der Waals surface area contributed by atoms with Gasteiger partial charge in [-0.15, -0.1) is 0 Å². The van der Waals surface area contributed by atoms with Crippen molar-refractivity contribution >= 4 is 22.8 Å². The highest BCUT2D eigenvalue weighted by Crippen LogP contribution is 2.22. The summed E-state index contributed by atoms with van der Waals surface area (Å²) in [6.07, 6.45) is 4.99. The van der Waals surface area contributed by atoms with Crippen LogP contribution in [0.5, 0.6) is 0 Å². The molecule has 0 aliphatic carbocycles. The van der Waals surface area contributed by atoms with E-state index in [4.69, 9.17) is 5.11 Å². The van der Waals surface area contributed by atoms with Crippen LogP contribution in [0.2, 0.25) is 0 Å². The van der Waals surface area contributed by atoms with Gasteiger partial charge in [-0.3, -0.25) is 4.79 Å². The lowest BCUT2D eigenvalue weighted by molar-refractivity contribution is -0.142. The molecular formula is C18H24N2O3. The first-order chi connectivity index (χ1) is 11.0. The van der Waals surface area contributed by atoms with Crippen LogP contribution in [-0.2, 0) is 16.0 Å². The van der Waals surface area contributed by atoms with Crippen molar-refractivity contribution in [2.75, 3.05) is 0 Å². The lowest BCUT2D eigenvalue weighted by Crippen LogP contribution is -2.40. The van der Waals surface area contributed by atoms with Gasteiger partial charge >= 0.3 is 5.97 Å². The lowest BCUT2D eigenvalue weighted by Gasteiger charge is -2.13. The van der Waals surface area contributed by atoms with Crippen LogP contribution in [0.15, 0.2) is 24.4 Å². The van der Waals surface area contributed by atoms with Gasteiger partial charge < -0.3 is 15.4 Å². The van der Waals surface area contributed by atoms with Crippen LogP contribution < -0.4 is 5.32 Å². The number of nitrogens with one attached hydrogen (secondary N) is 2. The third-order valence-electron chi connectivity index (χ3n) is 4.11. The summed E-state index contributed by atoms with van der Waals surface area (Å²) in [4.78, 5) is 26.4. The molecule has 1 aromatic carbocycles. The molecule has 3 N–H and O–H groups in total. The zero-order valence-corrected chi connectivity index (χ0v) is 13.7. The number of para-hydroxylation sites is 1. The molecular weight excluding hydrogens is 292 g/mol. The van der Waals surface area contributed by atoms with E-state index >= 15 is 0 Å². The number of unbranched alkanes of at least 4 members (excludes halogenated alkanes) is 1. The molecule has 0 aliphatic rings. The zero-order valence-electron chi connectivity index (χ0n) is 13.7. The van der Waals surface area contributed by atoms with E-state index in [1.54, 1.807) is 0 Å². The minimum Gasteiger partial charge on any atom is -0.480 e. The van der Waals surface area contributed by atoms with Crippen molar-refractivity contribution in [3.05, 3.63) is 35.5 Å². The number of aliphatic carboxylic acids is 1. The molecule has 0 fully saturated rings. The molecule has 2 rings (SSSR count). The number of carboxylic acids is 1. The number of amides is 1. The average Bonchev–Trinajstić information content (AvgIpc) is 2.93. The van der Waals surface area contributed by atoms with E-state index in [-0.39, 0.29) is 12.3 Å². The predicted molar refractivity (Wildman–Crippen MR) is 90.4 cm³/mol. The highest BCUT2D eigenvalue weighted by molar-refractivity contribution is 5.87. The Labute approximate surface area is 136 Å². The Bertz CT molecular complexity index is 691. The third-order valence-corrected chi connectivity index (χ3v) is 4.11. The van der Waals surface area contributed by atoms with Crippen LogP contribution in [0.3, 0.4) is 0 Å². The summed E-state index contributed by atoms with van der Waals surface area (Å²) in [6.45, 7) is 4.04. The molecule has 2 aromatic rings. The van der Waals surface area contributed by atoms with Crippen molar-refractivity contribution in [1.82, 2.24) is 10.3 Å². The Morgan fingerprint density at radius 1 is 1.35 bits per heavy atom. The van der Waals surface area contributed by atoms with Gasteiger partial charge in [0, 0.05) is 23.5 Å². The first kappa shape index (κ1) is 17.1. The number of benzene rings is 1. The van der Waals surface area contributed by atoms with Gasteiger partial charge in [0.1, 0.15) is 6.04 Å². The number of hydrogen-bond donors (Lipinski definition) is 3. The fourth-order valence-corrected chi connectivity index (χ4v) is 2.75. The number of rotatable bonds is 8. The molecule has 23 heavy (non-hydrogen) atoms. The fourth-order valence-electron chi connectivity index (χ4n) is 2.75. The van der Waals surface area contributed by atoms with E-state index < -0.39 is 12.0 Å². The molecule has 1 aromatic heterocycles. The van der Waals surface area contributed by atoms with E-state index in [0.29, 0.717) is 12.8 Å². The topological polar surface area (TPSA) is 82.2 Å². The number of H-pyrrole nitrogens is 1. The van der Waals surface area contributed by atoms with E-state index in [9.17, 15) is 9.59 Å². The maximum atomic E-state index is 12.0. The quantitative estimate of drug-likeness (QED) is 0.699. The van der Waals surface area contributed by atoms with E-state index in [0.717, 1.165) is 29.3 Å². The summed E-state index contributed by atoms with van der Waals surface area (Å²) in [5.41, 5.74) is 3.34. The van der Waals surface area contributed by atoms with Gasteiger partial charge in [-0.25, -0.2) is 4.79 Å². The van der Waals surface area contributed by atoms with Gasteiger partial charge in [0.2, 0.25) is 5.91 Å². The second-order valence-electron chi connectivity index (χ2n) is 5.91. The summed E-state index contributed by atoms with van der Waals surface area (Å²) >= 11 is 0. The van der Waals surface area contributed by atoms with Crippen LogP contribution in [0.4, 0.5) is 0 Å². The number of hydrogen-bond acceptors (Lipinski definition) is 2. The smallest absolute Gasteiger partial charge is 0.326 e. The Balaban J connectivity index is 1.95. The number of aryl methyl sites for hydroxylation is 2. The lowest BCUT2D eigenvalue weighted by atomic mass is 10.1. The second-order valence-corrected chi connectivity index (χ2v) is 5.91. The summed E-state index contributed by atoms with van der Waals surface area (Å²) in [5, 5.41) is 12.9. The standard InChI is InChI=1S/C18H24N2O3/c1-3-4-8-15(18(22)23)20-16(21)10-9-13-11-19-17-12(2)6-5-7-14(13)17/h5-7,11,15,19H,3-4,8-10H2,1-2H3,(H,20,21)(H,22,23). The fraction of sp³-hybridized carbons (Fsp3) is 0.444. The molecule has 5 heteroatoms. The maximum Gasteiger partial charge on any atom is 0.326 e. The van der Waals surface area contributed by atoms with Crippen LogP contribution >= 0.6 is 0 Å². The monoisotopic (exact) mass is 316 g/mol. The average molecular weight is 316 g/mol. The van der Waals surface area contributed by atoms with Crippen LogP contribution in [0, 0.1) is 6.92 Å². The molecule has 0 radical (unpaired) electrons. The Morgan fingerprint density at radius 2 is 2.13 bits per heavy atom. The highest BCUT2D eigenvalue weighted by atomic mass is 16.4. The van der Waals surface area contributed by atoms with E-state index in [1.807, 2.05) is 38.2 Å². The summed E-state index contributed by atoms with van der Waals surface area (Å²) in [6, 6.07) is 5.29. The normalized spacial score (nSPS) is 12.3. The molecule has 0 saturated heterocycles. The molecule has 0 saturated carbocycles. The van der Waals surface area contributed by atoms with Crippen LogP contribution in [0.1, 0.15) is 43.7 Å². The van der Waals surface area contributed by atoms with Crippen LogP contribution in [0.25, 0.3) is 10.9 Å². The zero-order chi connectivity index (χ0) is 16.8. The molecule has 0 bridgehead atoms. The molecule has 1 amide bonds. The summed E-state index contributed by atoms with van der Waals surface area (Å²) in [7, 11) is 0. The number of aromatic amines is 1. The van der Waals surface area contributed by atoms with Gasteiger partial charge in [-0.05, 0) is 30.9 Å². The van der Waals surface area contributed by atoms with Crippen molar-refractivity contribution < 1.29 is 14.7 Å². The minimum atomic E-state index is -0.963. The number of carbonyl (C=O) groups excluding carboxylic acids is 1. The second kappa shape index (κ2) is 7.81. The summed E-state index contributed by atoms with van der Waals surface area (Å²) in [5.74, 6) is -1.18. The van der Waals surface area contributed by atoms with E-state index in [2.05, 4.69) is 10.3 Å². The van der Waals surface area contributed by atoms with Crippen molar-refractivity contribution in [1.29, 1.82) is 0 Å². The molecule has 124 valence electrons. The van der Waals surface area contributed by atoms with Gasteiger partial charge in [0.05, 0.1) is 0 Å². The molecule has 0 spiro atoms. The number of aromatic nitrogens is 1. The number of fused-ring (bicyclic) bond motifs is 1. The SMILES string of the molecule is CCCCC(NC(=O)CCc1c[nH]c2c(C)cccc12)C(=O)O. The largest absolute Gasteiger partial charge is 0.480 e. The molecule has 0 aliphatic heterocycles. The van der Waals surface area contributed by atoms with Crippen molar-refractivity contribution in [3.8, 4) is 0 Å². The van der Waals surface area contributed by atoms with E-state index in [1.165, 1.54) is 5.56 Å². The Hall–Kier alpha value is -2.30. The first-order valence-electron chi connectivity index (χ1n) is 8.10. The molecule has 5 nitrogen and oxygen atoms in total. The van der Waals surface area contributed by atoms with Crippen molar-refractivity contribution in [2.24, 2.45) is 0 Å². The Morgan fingerprint density at radius 3 is 2.83 bits per heavy atom. The third kappa shape index (κ3) is 4.34.